The van der Waals surface area contributed by atoms with Crippen molar-refractivity contribution in [2.24, 2.45) is 0 Å². The zero-order valence-electron chi connectivity index (χ0n) is 13.9. The van der Waals surface area contributed by atoms with Crippen LogP contribution >= 0.6 is 23.2 Å². The number of aryl methyl sites for hydroxylation is 1. The van der Waals surface area contributed by atoms with E-state index in [4.69, 9.17) is 23.2 Å². The molecule has 3 rings (SSSR count). The normalized spacial score (nSPS) is 10.6. The van der Waals surface area contributed by atoms with Crippen molar-refractivity contribution in [1.29, 1.82) is 0 Å². The lowest BCUT2D eigenvalue weighted by Gasteiger charge is -2.13. The van der Waals surface area contributed by atoms with Crippen LogP contribution in [0.25, 0.3) is 11.4 Å². The molecule has 26 heavy (non-hydrogen) atoms. The number of nitrogens with zero attached hydrogens (tertiary/aromatic N) is 2. The van der Waals surface area contributed by atoms with E-state index in [-0.39, 0.29) is 18.0 Å². The monoisotopic (exact) mass is 387 g/mol. The lowest BCUT2D eigenvalue weighted by molar-refractivity contribution is -0.116. The number of nitrogens with one attached hydrogen (secondary N) is 1. The molecule has 0 saturated carbocycles. The molecular weight excluding hydrogens is 373 g/mol. The molecule has 7 heteroatoms. The Labute approximate surface area is 160 Å². The first-order chi connectivity index (χ1) is 12.4. The number of aromatic nitrogens is 2. The van der Waals surface area contributed by atoms with E-state index < -0.39 is 0 Å². The number of anilines is 1. The van der Waals surface area contributed by atoms with Gasteiger partial charge in [0.25, 0.3) is 5.56 Å². The summed E-state index contributed by atoms with van der Waals surface area (Å²) in [6.45, 7) is 1.53. The number of benzene rings is 2. The molecule has 0 fully saturated rings. The topological polar surface area (TPSA) is 64.0 Å². The van der Waals surface area contributed by atoms with E-state index in [1.807, 2.05) is 0 Å². The van der Waals surface area contributed by atoms with Gasteiger partial charge in [-0.25, -0.2) is 4.98 Å². The van der Waals surface area contributed by atoms with Gasteiger partial charge < -0.3 is 5.32 Å². The molecule has 132 valence electrons. The highest BCUT2D eigenvalue weighted by Crippen LogP contribution is 2.22. The molecule has 1 N–H and O–H groups in total. The van der Waals surface area contributed by atoms with Gasteiger partial charge in [-0.2, -0.15) is 0 Å². The fourth-order valence-electron chi connectivity index (χ4n) is 2.52. The second-order valence-electron chi connectivity index (χ2n) is 5.68. The molecule has 1 amide bonds. The van der Waals surface area contributed by atoms with Gasteiger partial charge in [-0.1, -0.05) is 47.5 Å². The molecular formula is C19H15Cl2N3O2. The third-order valence-electron chi connectivity index (χ3n) is 3.67. The molecule has 0 atom stereocenters. The van der Waals surface area contributed by atoms with Crippen LogP contribution in [0.1, 0.15) is 5.69 Å². The Morgan fingerprint density at radius 1 is 1.12 bits per heavy atom. The molecule has 0 spiro atoms. The number of para-hydroxylation sites is 1. The van der Waals surface area contributed by atoms with Crippen molar-refractivity contribution < 1.29 is 4.79 Å². The van der Waals surface area contributed by atoms with Crippen LogP contribution in [-0.4, -0.2) is 15.5 Å². The van der Waals surface area contributed by atoms with Crippen molar-refractivity contribution in [2.75, 3.05) is 5.32 Å². The van der Waals surface area contributed by atoms with Crippen LogP contribution in [0.2, 0.25) is 10.0 Å². The number of hydrogen-bond donors (Lipinski definition) is 1. The zero-order valence-corrected chi connectivity index (χ0v) is 15.4. The third kappa shape index (κ3) is 4.12. The lowest BCUT2D eigenvalue weighted by atomic mass is 10.2. The van der Waals surface area contributed by atoms with Gasteiger partial charge >= 0.3 is 0 Å². The molecule has 2 aromatic carbocycles. The summed E-state index contributed by atoms with van der Waals surface area (Å²) in [4.78, 5) is 29.3. The van der Waals surface area contributed by atoms with E-state index >= 15 is 0 Å². The van der Waals surface area contributed by atoms with Gasteiger partial charge in [0.1, 0.15) is 12.4 Å². The minimum atomic E-state index is -0.380. The van der Waals surface area contributed by atoms with Crippen molar-refractivity contribution in [3.63, 3.8) is 0 Å². The maximum atomic E-state index is 12.5. The van der Waals surface area contributed by atoms with Crippen LogP contribution in [0.5, 0.6) is 0 Å². The second kappa shape index (κ2) is 7.72. The van der Waals surface area contributed by atoms with Gasteiger partial charge in [0.2, 0.25) is 5.91 Å². The third-order valence-corrected chi connectivity index (χ3v) is 4.23. The molecule has 0 unspecified atom stereocenters. The van der Waals surface area contributed by atoms with E-state index in [1.165, 1.54) is 10.6 Å². The summed E-state index contributed by atoms with van der Waals surface area (Å²) in [6, 6.07) is 15.3. The highest BCUT2D eigenvalue weighted by Gasteiger charge is 2.14. The Morgan fingerprint density at radius 2 is 1.88 bits per heavy atom. The molecule has 5 nitrogen and oxygen atoms in total. The van der Waals surface area contributed by atoms with Crippen molar-refractivity contribution in [3.8, 4) is 11.4 Å². The second-order valence-corrected chi connectivity index (χ2v) is 6.53. The standard InChI is InChI=1S/C19H15Cl2N3O2/c1-12-9-18(26)24(19(22-12)13-5-4-6-14(20)10-13)11-17(25)23-16-8-3-2-7-15(16)21/h2-10H,11H2,1H3,(H,23,25). The summed E-state index contributed by atoms with van der Waals surface area (Å²) in [6.07, 6.45) is 0. The molecule has 0 aliphatic heterocycles. The summed E-state index contributed by atoms with van der Waals surface area (Å²) in [5, 5.41) is 3.65. The maximum absolute atomic E-state index is 12.5. The van der Waals surface area contributed by atoms with Crippen LogP contribution in [0.3, 0.4) is 0 Å². The first-order valence-corrected chi connectivity index (χ1v) is 8.58. The fourth-order valence-corrected chi connectivity index (χ4v) is 2.89. The van der Waals surface area contributed by atoms with Gasteiger partial charge in [-0.05, 0) is 31.2 Å². The van der Waals surface area contributed by atoms with Gasteiger partial charge in [0.15, 0.2) is 0 Å². The fraction of sp³-hybridized carbons (Fsp3) is 0.105. The van der Waals surface area contributed by atoms with Crippen molar-refractivity contribution >= 4 is 34.8 Å². The van der Waals surface area contributed by atoms with Gasteiger partial charge in [0, 0.05) is 22.3 Å². The Morgan fingerprint density at radius 3 is 2.62 bits per heavy atom. The molecule has 0 bridgehead atoms. The Hall–Kier alpha value is -2.63. The van der Waals surface area contributed by atoms with Crippen LogP contribution < -0.4 is 10.9 Å². The summed E-state index contributed by atoms with van der Waals surface area (Å²) in [5.74, 6) is 0.000870. The summed E-state index contributed by atoms with van der Waals surface area (Å²) >= 11 is 12.1. The van der Waals surface area contributed by atoms with Gasteiger partial charge in [-0.15, -0.1) is 0 Å². The van der Waals surface area contributed by atoms with E-state index in [0.29, 0.717) is 32.8 Å². The minimum absolute atomic E-state index is 0.195. The largest absolute Gasteiger partial charge is 0.323 e. The molecule has 0 saturated heterocycles. The van der Waals surface area contributed by atoms with Crippen LogP contribution in [0.4, 0.5) is 5.69 Å². The van der Waals surface area contributed by atoms with Gasteiger partial charge in [-0.3, -0.25) is 14.2 Å². The number of carbonyl (C=O) groups is 1. The van der Waals surface area contributed by atoms with E-state index in [9.17, 15) is 9.59 Å². The van der Waals surface area contributed by atoms with Crippen molar-refractivity contribution in [2.45, 2.75) is 13.5 Å². The highest BCUT2D eigenvalue weighted by atomic mass is 35.5. The average Bonchev–Trinajstić information content (AvgIpc) is 2.59. The van der Waals surface area contributed by atoms with Crippen LogP contribution in [-0.2, 0) is 11.3 Å². The Balaban J connectivity index is 1.96. The minimum Gasteiger partial charge on any atom is -0.323 e. The first-order valence-electron chi connectivity index (χ1n) is 7.83. The smallest absolute Gasteiger partial charge is 0.254 e. The lowest BCUT2D eigenvalue weighted by Crippen LogP contribution is -2.29. The molecule has 0 aliphatic rings. The number of halogens is 2. The number of hydrogen-bond acceptors (Lipinski definition) is 3. The average molecular weight is 388 g/mol. The summed E-state index contributed by atoms with van der Waals surface area (Å²) in [7, 11) is 0. The predicted molar refractivity (Wildman–Crippen MR) is 104 cm³/mol. The van der Waals surface area contributed by atoms with E-state index in [2.05, 4.69) is 10.3 Å². The van der Waals surface area contributed by atoms with E-state index in [1.54, 1.807) is 55.5 Å². The summed E-state index contributed by atoms with van der Waals surface area (Å²) < 4.78 is 1.31. The van der Waals surface area contributed by atoms with Crippen LogP contribution in [0, 0.1) is 6.92 Å². The SMILES string of the molecule is Cc1cc(=O)n(CC(=O)Nc2ccccc2Cl)c(-c2cccc(Cl)c2)n1. The Kier molecular flexibility index (Phi) is 5.40. The molecule has 1 aromatic heterocycles. The molecule has 1 heterocycles. The van der Waals surface area contributed by atoms with E-state index in [0.717, 1.165) is 0 Å². The first kappa shape index (κ1) is 18.2. The number of rotatable bonds is 4. The Bertz CT molecular complexity index is 1030. The quantitative estimate of drug-likeness (QED) is 0.730. The summed E-state index contributed by atoms with van der Waals surface area (Å²) in [5.41, 5.74) is 1.38. The van der Waals surface area contributed by atoms with Gasteiger partial charge in [0.05, 0.1) is 10.7 Å². The van der Waals surface area contributed by atoms with Crippen molar-refractivity contribution in [1.82, 2.24) is 9.55 Å². The maximum Gasteiger partial charge on any atom is 0.254 e. The van der Waals surface area contributed by atoms with Crippen LogP contribution in [0.15, 0.2) is 59.4 Å². The molecule has 0 aliphatic carbocycles. The van der Waals surface area contributed by atoms with Crippen molar-refractivity contribution in [3.05, 3.63) is 80.7 Å². The molecule has 3 aromatic rings. The highest BCUT2D eigenvalue weighted by molar-refractivity contribution is 6.33. The number of carbonyl (C=O) groups excluding carboxylic acids is 1. The molecule has 0 radical (unpaired) electrons. The predicted octanol–water partition coefficient (Wildman–Crippen LogP) is 4.16. The zero-order chi connectivity index (χ0) is 18.7. The number of amides is 1.